The highest BCUT2D eigenvalue weighted by molar-refractivity contribution is 5.82. The number of nitrogens with two attached hydrogens (primary N) is 1. The Hall–Kier alpha value is -2.38. The number of imidazole rings is 1. The number of amides is 1. The monoisotopic (exact) mass is 343 g/mol. The number of nitrogens with zero attached hydrogens (tertiary/aromatic N) is 3. The first-order valence-corrected chi connectivity index (χ1v) is 8.64. The van der Waals surface area contributed by atoms with Crippen LogP contribution in [-0.4, -0.2) is 71.0 Å². The second kappa shape index (κ2) is 8.64. The summed E-state index contributed by atoms with van der Waals surface area (Å²) in [6.45, 7) is 4.62. The maximum absolute atomic E-state index is 12.5. The number of carbonyl (C=O) groups excluding carboxylic acids is 1. The highest BCUT2D eigenvalue weighted by Crippen LogP contribution is 2.09. The van der Waals surface area contributed by atoms with Crippen molar-refractivity contribution in [1.29, 1.82) is 0 Å². The van der Waals surface area contributed by atoms with Gasteiger partial charge in [-0.1, -0.05) is 18.2 Å². The van der Waals surface area contributed by atoms with Crippen LogP contribution in [0.2, 0.25) is 0 Å². The number of hydrogen-bond donors (Lipinski definition) is 2. The van der Waals surface area contributed by atoms with Crippen LogP contribution in [0.5, 0.6) is 5.75 Å². The van der Waals surface area contributed by atoms with Crippen LogP contribution < -0.4 is 10.5 Å². The number of piperazine rings is 1. The predicted molar refractivity (Wildman–Crippen MR) is 95.2 cm³/mol. The number of hydrogen-bond acceptors (Lipinski definition) is 5. The van der Waals surface area contributed by atoms with E-state index in [1.54, 1.807) is 12.5 Å². The molecule has 0 unspecified atom stereocenters. The summed E-state index contributed by atoms with van der Waals surface area (Å²) in [4.78, 5) is 23.6. The Labute approximate surface area is 147 Å². The molecule has 0 aliphatic carbocycles. The van der Waals surface area contributed by atoms with Crippen LogP contribution in [-0.2, 0) is 11.2 Å². The number of carbonyl (C=O) groups is 1. The van der Waals surface area contributed by atoms with Crippen molar-refractivity contribution < 1.29 is 9.53 Å². The number of ether oxygens (including phenoxy) is 1. The molecule has 1 aliphatic rings. The lowest BCUT2D eigenvalue weighted by Gasteiger charge is -2.35. The van der Waals surface area contributed by atoms with Crippen LogP contribution in [0.15, 0.2) is 42.9 Å². The minimum atomic E-state index is -0.520. The normalized spacial score (nSPS) is 16.6. The van der Waals surface area contributed by atoms with Gasteiger partial charge in [-0.05, 0) is 12.1 Å². The van der Waals surface area contributed by atoms with Crippen molar-refractivity contribution in [3.8, 4) is 5.75 Å². The molecule has 1 saturated heterocycles. The summed E-state index contributed by atoms with van der Waals surface area (Å²) in [7, 11) is 0. The first-order chi connectivity index (χ1) is 12.2. The SMILES string of the molecule is N[C@@H](Cc1cnc[nH]1)C(=O)N1CCN(CCOc2ccccc2)CC1. The van der Waals surface area contributed by atoms with Gasteiger partial charge in [0, 0.05) is 51.0 Å². The number of H-pyrrole nitrogens is 1. The Kier molecular flexibility index (Phi) is 6.03. The van der Waals surface area contributed by atoms with Gasteiger partial charge in [-0.3, -0.25) is 9.69 Å². The molecule has 1 aliphatic heterocycles. The molecule has 0 saturated carbocycles. The summed E-state index contributed by atoms with van der Waals surface area (Å²) in [5.74, 6) is 0.899. The topological polar surface area (TPSA) is 87.5 Å². The van der Waals surface area contributed by atoms with E-state index in [1.807, 2.05) is 35.2 Å². The second-order valence-electron chi connectivity index (χ2n) is 6.22. The van der Waals surface area contributed by atoms with Gasteiger partial charge in [0.05, 0.1) is 12.4 Å². The first kappa shape index (κ1) is 17.4. The number of nitrogens with one attached hydrogen (secondary N) is 1. The van der Waals surface area contributed by atoms with E-state index < -0.39 is 6.04 Å². The predicted octanol–water partition coefficient (Wildman–Crippen LogP) is 0.503. The molecule has 1 aromatic heterocycles. The van der Waals surface area contributed by atoms with Crippen molar-refractivity contribution in [3.63, 3.8) is 0 Å². The van der Waals surface area contributed by atoms with Crippen LogP contribution in [0, 0.1) is 0 Å². The van der Waals surface area contributed by atoms with E-state index in [0.717, 1.165) is 31.1 Å². The number of aromatic amines is 1. The van der Waals surface area contributed by atoms with E-state index in [-0.39, 0.29) is 5.91 Å². The zero-order valence-corrected chi connectivity index (χ0v) is 14.3. The van der Waals surface area contributed by atoms with Crippen LogP contribution >= 0.6 is 0 Å². The number of para-hydroxylation sites is 1. The Morgan fingerprint density at radius 3 is 2.68 bits per heavy atom. The molecule has 0 radical (unpaired) electrons. The summed E-state index contributed by atoms with van der Waals surface area (Å²) >= 11 is 0. The van der Waals surface area contributed by atoms with Gasteiger partial charge in [-0.15, -0.1) is 0 Å². The molecule has 1 fully saturated rings. The minimum Gasteiger partial charge on any atom is -0.492 e. The summed E-state index contributed by atoms with van der Waals surface area (Å²) < 4.78 is 5.73. The Bertz CT molecular complexity index is 639. The Balaban J connectivity index is 1.37. The molecule has 3 rings (SSSR count). The Morgan fingerprint density at radius 2 is 2.00 bits per heavy atom. The van der Waals surface area contributed by atoms with Crippen molar-refractivity contribution in [1.82, 2.24) is 19.8 Å². The van der Waals surface area contributed by atoms with Crippen LogP contribution in [0.25, 0.3) is 0 Å². The fourth-order valence-corrected chi connectivity index (χ4v) is 2.96. The summed E-state index contributed by atoms with van der Waals surface area (Å²) in [5.41, 5.74) is 6.93. The molecule has 134 valence electrons. The van der Waals surface area contributed by atoms with E-state index in [2.05, 4.69) is 14.9 Å². The van der Waals surface area contributed by atoms with Gasteiger partial charge >= 0.3 is 0 Å². The van der Waals surface area contributed by atoms with Gasteiger partial charge < -0.3 is 20.4 Å². The molecule has 1 aromatic carbocycles. The number of rotatable bonds is 7. The highest BCUT2D eigenvalue weighted by atomic mass is 16.5. The third-order valence-corrected chi connectivity index (χ3v) is 4.42. The van der Waals surface area contributed by atoms with Gasteiger partial charge in [0.25, 0.3) is 0 Å². The zero-order chi connectivity index (χ0) is 17.5. The van der Waals surface area contributed by atoms with E-state index in [4.69, 9.17) is 10.5 Å². The van der Waals surface area contributed by atoms with Gasteiger partial charge in [-0.2, -0.15) is 0 Å². The second-order valence-corrected chi connectivity index (χ2v) is 6.22. The Morgan fingerprint density at radius 1 is 1.24 bits per heavy atom. The smallest absolute Gasteiger partial charge is 0.239 e. The lowest BCUT2D eigenvalue weighted by molar-refractivity contribution is -0.134. The summed E-state index contributed by atoms with van der Waals surface area (Å²) in [6, 6.07) is 9.29. The molecule has 7 nitrogen and oxygen atoms in total. The lowest BCUT2D eigenvalue weighted by Crippen LogP contribution is -2.54. The maximum atomic E-state index is 12.5. The van der Waals surface area contributed by atoms with Gasteiger partial charge in [0.2, 0.25) is 5.91 Å². The molecular formula is C18H25N5O2. The largest absolute Gasteiger partial charge is 0.492 e. The maximum Gasteiger partial charge on any atom is 0.239 e. The van der Waals surface area contributed by atoms with Crippen LogP contribution in [0.3, 0.4) is 0 Å². The molecule has 0 bridgehead atoms. The lowest BCUT2D eigenvalue weighted by atomic mass is 10.1. The van der Waals surface area contributed by atoms with Crippen LogP contribution in [0.4, 0.5) is 0 Å². The first-order valence-electron chi connectivity index (χ1n) is 8.64. The van der Waals surface area contributed by atoms with Crippen molar-refractivity contribution in [3.05, 3.63) is 48.5 Å². The molecule has 7 heteroatoms. The molecule has 1 amide bonds. The highest BCUT2D eigenvalue weighted by Gasteiger charge is 2.25. The van der Waals surface area contributed by atoms with Gasteiger partial charge in [-0.25, -0.2) is 4.98 Å². The van der Waals surface area contributed by atoms with E-state index in [1.165, 1.54) is 0 Å². The summed E-state index contributed by atoms with van der Waals surface area (Å²) in [5, 5.41) is 0. The average Bonchev–Trinajstić information content (AvgIpc) is 3.15. The van der Waals surface area contributed by atoms with E-state index >= 15 is 0 Å². The third-order valence-electron chi connectivity index (χ3n) is 4.42. The van der Waals surface area contributed by atoms with E-state index in [9.17, 15) is 4.79 Å². The fraction of sp³-hybridized carbons (Fsp3) is 0.444. The number of benzene rings is 1. The molecule has 0 spiro atoms. The molecule has 25 heavy (non-hydrogen) atoms. The van der Waals surface area contributed by atoms with Crippen molar-refractivity contribution in [2.45, 2.75) is 12.5 Å². The van der Waals surface area contributed by atoms with Gasteiger partial charge in [0.1, 0.15) is 12.4 Å². The summed E-state index contributed by atoms with van der Waals surface area (Å²) in [6.07, 6.45) is 3.80. The van der Waals surface area contributed by atoms with Gasteiger partial charge in [0.15, 0.2) is 0 Å². The average molecular weight is 343 g/mol. The minimum absolute atomic E-state index is 0.00906. The molecule has 1 atom stereocenters. The number of aromatic nitrogens is 2. The zero-order valence-electron chi connectivity index (χ0n) is 14.3. The van der Waals surface area contributed by atoms with Crippen molar-refractivity contribution in [2.24, 2.45) is 5.73 Å². The molecular weight excluding hydrogens is 318 g/mol. The van der Waals surface area contributed by atoms with E-state index in [0.29, 0.717) is 26.1 Å². The molecule has 3 N–H and O–H groups in total. The van der Waals surface area contributed by atoms with Crippen molar-refractivity contribution in [2.75, 3.05) is 39.3 Å². The van der Waals surface area contributed by atoms with Crippen molar-refractivity contribution >= 4 is 5.91 Å². The fourth-order valence-electron chi connectivity index (χ4n) is 2.96. The molecule has 2 heterocycles. The molecule has 2 aromatic rings. The third kappa shape index (κ3) is 5.04. The standard InChI is InChI=1S/C18H25N5O2/c19-17(12-15-13-20-14-21-15)18(24)23-8-6-22(7-9-23)10-11-25-16-4-2-1-3-5-16/h1-5,13-14,17H,6-12,19H2,(H,20,21)/t17-/m0/s1. The van der Waals surface area contributed by atoms with Crippen LogP contribution in [0.1, 0.15) is 5.69 Å². The quantitative estimate of drug-likeness (QED) is 0.764.